The molecule has 0 spiro atoms. The fourth-order valence-electron chi connectivity index (χ4n) is 5.36. The summed E-state index contributed by atoms with van der Waals surface area (Å²) < 4.78 is 0. The average Bonchev–Trinajstić information content (AvgIpc) is 3.26. The van der Waals surface area contributed by atoms with Crippen LogP contribution in [0.2, 0.25) is 0 Å². The Kier molecular flexibility index (Phi) is 3.80. The van der Waals surface area contributed by atoms with E-state index >= 15 is 0 Å². The van der Waals surface area contributed by atoms with Gasteiger partial charge in [-0.25, -0.2) is 0 Å². The van der Waals surface area contributed by atoms with Gasteiger partial charge in [0.15, 0.2) is 0 Å². The molecule has 0 aromatic heterocycles. The zero-order valence-electron chi connectivity index (χ0n) is 16.3. The van der Waals surface area contributed by atoms with Crippen molar-refractivity contribution in [2.75, 3.05) is 0 Å². The molecule has 29 heavy (non-hydrogen) atoms. The number of fused-ring (bicyclic) bond motifs is 5. The van der Waals surface area contributed by atoms with Crippen LogP contribution < -0.4 is 0 Å². The van der Waals surface area contributed by atoms with Crippen molar-refractivity contribution in [2.24, 2.45) is 0 Å². The van der Waals surface area contributed by atoms with Crippen LogP contribution in [-0.2, 0) is 5.04 Å². The van der Waals surface area contributed by atoms with Crippen LogP contribution in [0.4, 0.5) is 0 Å². The van der Waals surface area contributed by atoms with E-state index in [0.29, 0.717) is 0 Å². The molecule has 0 saturated heterocycles. The molecule has 0 heterocycles. The second-order valence-corrected chi connectivity index (χ2v) is 9.67. The predicted molar refractivity (Wildman–Crippen MR) is 125 cm³/mol. The summed E-state index contributed by atoms with van der Waals surface area (Å²) in [5.41, 5.74) is 1.34. The first-order valence-corrected chi connectivity index (χ1v) is 11.4. The summed E-state index contributed by atoms with van der Waals surface area (Å²) >= 11 is 0. The molecule has 0 bridgehead atoms. The Morgan fingerprint density at radius 1 is 0.586 bits per heavy atom. The number of benzene rings is 5. The lowest BCUT2D eigenvalue weighted by Crippen LogP contribution is -2.30. The lowest BCUT2D eigenvalue weighted by atomic mass is 9.88. The van der Waals surface area contributed by atoms with Gasteiger partial charge in [-0.15, -0.1) is 0 Å². The molecule has 0 amide bonds. The zero-order chi connectivity index (χ0) is 19.4. The molecule has 5 aromatic carbocycles. The number of rotatable bonds is 2. The minimum atomic E-state index is -0.0511. The van der Waals surface area contributed by atoms with Gasteiger partial charge in [-0.1, -0.05) is 67.4 Å². The fraction of sp³-hybridized carbons (Fsp3) is 0.185. The molecule has 1 nitrogen and oxygen atoms in total. The molecule has 1 saturated carbocycles. The summed E-state index contributed by atoms with van der Waals surface area (Å²) in [4.78, 5) is 10.4. The largest absolute Gasteiger partial charge is 0.431 e. The summed E-state index contributed by atoms with van der Waals surface area (Å²) in [5.74, 6) is 0. The van der Waals surface area contributed by atoms with E-state index in [1.54, 1.807) is 0 Å². The second kappa shape index (κ2) is 6.41. The first kappa shape index (κ1) is 17.2. The van der Waals surface area contributed by atoms with Crippen LogP contribution in [0.15, 0.2) is 78.9 Å². The van der Waals surface area contributed by atoms with Crippen LogP contribution in [-0.4, -0.2) is 14.6 Å². The molecular formula is C27H22OSi. The van der Waals surface area contributed by atoms with Crippen LogP contribution in [0.3, 0.4) is 0 Å². The number of hydrogen-bond donors (Lipinski definition) is 1. The van der Waals surface area contributed by atoms with Crippen LogP contribution in [0.5, 0.6) is 0 Å². The molecule has 6 rings (SSSR count). The SMILES string of the molecule is O[Si]C1(c2cccc3cc4ccc5cc6ccccc6cc5c4cc23)CCCC1. The van der Waals surface area contributed by atoms with Crippen molar-refractivity contribution in [3.63, 3.8) is 0 Å². The highest BCUT2D eigenvalue weighted by Gasteiger charge is 2.37. The molecule has 5 aromatic rings. The standard InChI is InChI=1S/C27H22OSi/c28-29-27(12-3-4-13-27)26-9-5-8-20-15-22-11-10-21-14-18-6-1-2-7-19(18)16-23(21)24(22)17-25(20)26/h1-2,5-11,14-17,28H,3-4,12-13H2. The minimum Gasteiger partial charge on any atom is -0.431 e. The van der Waals surface area contributed by atoms with E-state index in [0.717, 1.165) is 12.8 Å². The normalized spacial score (nSPS) is 16.3. The third-order valence-corrected chi connectivity index (χ3v) is 8.09. The van der Waals surface area contributed by atoms with Crippen molar-refractivity contribution in [3.05, 3.63) is 84.4 Å². The van der Waals surface area contributed by atoms with Gasteiger partial charge in [-0.2, -0.15) is 0 Å². The maximum atomic E-state index is 10.4. The third-order valence-electron chi connectivity index (χ3n) is 6.89. The Morgan fingerprint density at radius 3 is 1.90 bits per heavy atom. The van der Waals surface area contributed by atoms with Crippen molar-refractivity contribution >= 4 is 52.9 Å². The molecule has 0 unspecified atom stereocenters. The molecule has 0 atom stereocenters. The second-order valence-electron chi connectivity index (χ2n) is 8.49. The van der Waals surface area contributed by atoms with E-state index in [9.17, 15) is 4.80 Å². The van der Waals surface area contributed by atoms with E-state index in [1.807, 2.05) is 0 Å². The molecule has 2 heteroatoms. The highest BCUT2D eigenvalue weighted by Crippen LogP contribution is 2.43. The van der Waals surface area contributed by atoms with Crippen LogP contribution >= 0.6 is 0 Å². The highest BCUT2D eigenvalue weighted by atomic mass is 28.2. The summed E-state index contributed by atoms with van der Waals surface area (Å²) in [6.07, 6.45) is 4.62. The summed E-state index contributed by atoms with van der Waals surface area (Å²) in [6.45, 7) is 0. The van der Waals surface area contributed by atoms with Gasteiger partial charge in [-0.05, 0) is 85.8 Å². The van der Waals surface area contributed by atoms with Crippen molar-refractivity contribution in [3.8, 4) is 0 Å². The van der Waals surface area contributed by atoms with Crippen molar-refractivity contribution in [2.45, 2.75) is 30.7 Å². The monoisotopic (exact) mass is 390 g/mol. The maximum Gasteiger partial charge on any atom is 0.236 e. The van der Waals surface area contributed by atoms with E-state index in [-0.39, 0.29) is 14.8 Å². The lowest BCUT2D eigenvalue weighted by Gasteiger charge is -2.27. The van der Waals surface area contributed by atoms with Crippen molar-refractivity contribution in [1.29, 1.82) is 0 Å². The van der Waals surface area contributed by atoms with E-state index in [4.69, 9.17) is 0 Å². The quantitative estimate of drug-likeness (QED) is 0.202. The van der Waals surface area contributed by atoms with Gasteiger partial charge < -0.3 is 4.80 Å². The van der Waals surface area contributed by atoms with Gasteiger partial charge in [0.05, 0.1) is 0 Å². The first-order chi connectivity index (χ1) is 14.3. The van der Waals surface area contributed by atoms with Crippen LogP contribution in [0.1, 0.15) is 31.2 Å². The van der Waals surface area contributed by atoms with Gasteiger partial charge in [0.1, 0.15) is 0 Å². The Bertz CT molecular complexity index is 1400. The van der Waals surface area contributed by atoms with Gasteiger partial charge >= 0.3 is 0 Å². The fourth-order valence-corrected chi connectivity index (χ4v) is 6.28. The van der Waals surface area contributed by atoms with Gasteiger partial charge in [0, 0.05) is 5.04 Å². The lowest BCUT2D eigenvalue weighted by molar-refractivity contribution is 0.506. The molecule has 2 radical (unpaired) electrons. The Balaban J connectivity index is 1.71. The smallest absolute Gasteiger partial charge is 0.236 e. The minimum absolute atomic E-state index is 0.0324. The molecule has 0 aliphatic heterocycles. The Labute approximate surface area is 172 Å². The zero-order valence-corrected chi connectivity index (χ0v) is 17.3. The highest BCUT2D eigenvalue weighted by molar-refractivity contribution is 6.32. The molecule has 140 valence electrons. The molecular weight excluding hydrogens is 368 g/mol. The molecule has 1 fully saturated rings. The van der Waals surface area contributed by atoms with E-state index < -0.39 is 0 Å². The van der Waals surface area contributed by atoms with Gasteiger partial charge in [0.25, 0.3) is 0 Å². The van der Waals surface area contributed by atoms with Crippen molar-refractivity contribution in [1.82, 2.24) is 0 Å². The topological polar surface area (TPSA) is 20.2 Å². The summed E-state index contributed by atoms with van der Waals surface area (Å²) in [7, 11) is -0.0324. The summed E-state index contributed by atoms with van der Waals surface area (Å²) in [6, 6.07) is 29.1. The first-order valence-electron chi connectivity index (χ1n) is 10.5. The summed E-state index contributed by atoms with van der Waals surface area (Å²) in [5, 5.41) is 10.3. The van der Waals surface area contributed by atoms with Crippen LogP contribution in [0.25, 0.3) is 43.1 Å². The maximum absolute atomic E-state index is 10.4. The predicted octanol–water partition coefficient (Wildman–Crippen LogP) is 6.68. The van der Waals surface area contributed by atoms with Gasteiger partial charge in [0.2, 0.25) is 9.76 Å². The van der Waals surface area contributed by atoms with Crippen LogP contribution in [0, 0.1) is 0 Å². The molecule has 1 aliphatic rings. The number of hydrogen-bond acceptors (Lipinski definition) is 1. The Hall–Kier alpha value is -2.68. The Morgan fingerprint density at radius 2 is 1.17 bits per heavy atom. The average molecular weight is 391 g/mol. The van der Waals surface area contributed by atoms with E-state index in [1.165, 1.54) is 61.5 Å². The van der Waals surface area contributed by atoms with E-state index in [2.05, 4.69) is 78.9 Å². The third kappa shape index (κ3) is 2.56. The molecule has 1 N–H and O–H groups in total. The molecule has 1 aliphatic carbocycles. The van der Waals surface area contributed by atoms with Gasteiger partial charge in [-0.3, -0.25) is 0 Å². The van der Waals surface area contributed by atoms with Crippen molar-refractivity contribution < 1.29 is 4.80 Å².